The van der Waals surface area contributed by atoms with Crippen LogP contribution in [0, 0.1) is 5.92 Å². The number of carbonyl (C=O) groups excluding carboxylic acids is 1. The first-order valence-corrected chi connectivity index (χ1v) is 8.74. The molecule has 0 saturated heterocycles. The summed E-state index contributed by atoms with van der Waals surface area (Å²) in [6.45, 7) is 4.32. The number of carboxylic acids is 1. The average molecular weight is 347 g/mol. The van der Waals surface area contributed by atoms with Gasteiger partial charge in [0.2, 0.25) is 5.91 Å². The molecule has 1 aromatic carbocycles. The van der Waals surface area contributed by atoms with Crippen molar-refractivity contribution in [3.05, 3.63) is 42.0 Å². The second-order valence-electron chi connectivity index (χ2n) is 6.35. The Bertz CT molecular complexity index is 581. The van der Waals surface area contributed by atoms with E-state index in [4.69, 9.17) is 4.74 Å². The van der Waals surface area contributed by atoms with Gasteiger partial charge in [-0.1, -0.05) is 44.2 Å². The predicted octanol–water partition coefficient (Wildman–Crippen LogP) is 3.75. The van der Waals surface area contributed by atoms with Gasteiger partial charge in [-0.3, -0.25) is 9.59 Å². The lowest BCUT2D eigenvalue weighted by molar-refractivity contribution is -0.138. The third-order valence-electron chi connectivity index (χ3n) is 3.86. The molecule has 2 N–H and O–H groups in total. The van der Waals surface area contributed by atoms with Crippen molar-refractivity contribution in [1.82, 2.24) is 5.32 Å². The zero-order valence-electron chi connectivity index (χ0n) is 15.3. The monoisotopic (exact) mass is 347 g/mol. The number of rotatable bonds is 11. The number of aliphatic carboxylic acids is 1. The quantitative estimate of drug-likeness (QED) is 0.472. The zero-order chi connectivity index (χ0) is 18.7. The lowest BCUT2D eigenvalue weighted by Gasteiger charge is -2.16. The van der Waals surface area contributed by atoms with Crippen molar-refractivity contribution in [2.24, 2.45) is 5.92 Å². The topological polar surface area (TPSA) is 75.6 Å². The van der Waals surface area contributed by atoms with Crippen LogP contribution in [0.15, 0.2) is 36.4 Å². The maximum absolute atomic E-state index is 11.9. The highest BCUT2D eigenvalue weighted by molar-refractivity contribution is 5.80. The fourth-order valence-corrected chi connectivity index (χ4v) is 2.51. The molecule has 0 heterocycles. The Morgan fingerprint density at radius 1 is 1.24 bits per heavy atom. The van der Waals surface area contributed by atoms with E-state index in [1.165, 1.54) is 7.11 Å². The molecule has 138 valence electrons. The molecular formula is C20H29NO4. The van der Waals surface area contributed by atoms with Gasteiger partial charge in [-0.15, -0.1) is 0 Å². The molecule has 0 bridgehead atoms. The first-order valence-electron chi connectivity index (χ1n) is 8.74. The molecule has 0 fully saturated rings. The number of carbonyl (C=O) groups is 2. The largest absolute Gasteiger partial charge is 0.496 e. The molecule has 1 rings (SSSR count). The lowest BCUT2D eigenvalue weighted by atomic mass is 9.98. The molecule has 5 nitrogen and oxygen atoms in total. The number of para-hydroxylation sites is 1. The molecule has 0 radical (unpaired) electrons. The first kappa shape index (κ1) is 20.7. The van der Waals surface area contributed by atoms with Crippen molar-refractivity contribution in [2.45, 2.75) is 45.4 Å². The maximum atomic E-state index is 11.9. The summed E-state index contributed by atoms with van der Waals surface area (Å²) in [6, 6.07) is 6.98. The normalized spacial score (nSPS) is 12.3. The molecule has 5 heteroatoms. The van der Waals surface area contributed by atoms with Gasteiger partial charge in [0.1, 0.15) is 11.7 Å². The molecule has 0 aliphatic rings. The summed E-state index contributed by atoms with van der Waals surface area (Å²) in [6.07, 6.45) is 7.42. The second-order valence-corrected chi connectivity index (χ2v) is 6.35. The molecule has 1 atom stereocenters. The van der Waals surface area contributed by atoms with Gasteiger partial charge in [-0.05, 0) is 31.2 Å². The van der Waals surface area contributed by atoms with Crippen LogP contribution in [0.4, 0.5) is 0 Å². The minimum absolute atomic E-state index is 0.0573. The van der Waals surface area contributed by atoms with E-state index in [-0.39, 0.29) is 12.5 Å². The smallest absolute Gasteiger partial charge is 0.312 e. The van der Waals surface area contributed by atoms with Gasteiger partial charge in [0.05, 0.1) is 7.11 Å². The Balaban J connectivity index is 2.45. The van der Waals surface area contributed by atoms with Crippen LogP contribution in [-0.4, -0.2) is 30.6 Å². The molecule has 1 amide bonds. The number of benzene rings is 1. The summed E-state index contributed by atoms with van der Waals surface area (Å²) in [5, 5.41) is 12.2. The van der Waals surface area contributed by atoms with Crippen LogP contribution in [0.2, 0.25) is 0 Å². The van der Waals surface area contributed by atoms with Crippen molar-refractivity contribution < 1.29 is 19.4 Å². The molecule has 0 saturated carbocycles. The molecule has 1 unspecified atom stereocenters. The molecule has 25 heavy (non-hydrogen) atoms. The van der Waals surface area contributed by atoms with E-state index in [9.17, 15) is 14.7 Å². The summed E-state index contributed by atoms with van der Waals surface area (Å²) in [4.78, 5) is 23.5. The van der Waals surface area contributed by atoms with Gasteiger partial charge in [0.25, 0.3) is 0 Å². The summed E-state index contributed by atoms with van der Waals surface area (Å²) in [5.74, 6) is -0.862. The summed E-state index contributed by atoms with van der Waals surface area (Å²) in [5.41, 5.74) is 0.566. The third-order valence-corrected chi connectivity index (χ3v) is 3.86. The second kappa shape index (κ2) is 11.3. The number of methoxy groups -OCH3 is 1. The minimum atomic E-state index is -0.983. The zero-order valence-corrected chi connectivity index (χ0v) is 15.3. The Labute approximate surface area is 150 Å². The standard InChI is InChI=1S/C20H29NO4/c1-15(2)10-6-4-5-7-13-19(22)21-14-17(20(23)24)16-11-8-9-12-18(16)25-3/h6,8-12,15,17H,4-5,7,13-14H2,1-3H3,(H,21,22)(H,23,24)/b10-6+. The Hall–Kier alpha value is -2.30. The van der Waals surface area contributed by atoms with Gasteiger partial charge in [0, 0.05) is 18.5 Å². The van der Waals surface area contributed by atoms with Crippen LogP contribution in [0.3, 0.4) is 0 Å². The fraction of sp³-hybridized carbons (Fsp3) is 0.500. The van der Waals surface area contributed by atoms with Crippen LogP contribution in [0.5, 0.6) is 5.75 Å². The van der Waals surface area contributed by atoms with Crippen molar-refractivity contribution in [3.8, 4) is 5.75 Å². The number of carboxylic acid groups (broad SMARTS) is 1. The number of ether oxygens (including phenoxy) is 1. The number of amides is 1. The Morgan fingerprint density at radius 2 is 1.96 bits per heavy atom. The third kappa shape index (κ3) is 7.88. The molecule has 0 aromatic heterocycles. The number of hydrogen-bond donors (Lipinski definition) is 2. The number of allylic oxidation sites excluding steroid dienone is 2. The van der Waals surface area contributed by atoms with Gasteiger partial charge in [-0.2, -0.15) is 0 Å². The molecule has 0 aliphatic carbocycles. The Morgan fingerprint density at radius 3 is 2.60 bits per heavy atom. The number of unbranched alkanes of at least 4 members (excludes halogenated alkanes) is 2. The van der Waals surface area contributed by atoms with E-state index < -0.39 is 11.9 Å². The summed E-state index contributed by atoms with van der Waals surface area (Å²) in [7, 11) is 1.50. The molecule has 0 aliphatic heterocycles. The summed E-state index contributed by atoms with van der Waals surface area (Å²) < 4.78 is 5.22. The molecular weight excluding hydrogens is 318 g/mol. The predicted molar refractivity (Wildman–Crippen MR) is 98.8 cm³/mol. The van der Waals surface area contributed by atoms with Crippen molar-refractivity contribution in [1.29, 1.82) is 0 Å². The van der Waals surface area contributed by atoms with E-state index in [1.807, 2.05) is 0 Å². The van der Waals surface area contributed by atoms with Crippen molar-refractivity contribution >= 4 is 11.9 Å². The van der Waals surface area contributed by atoms with Crippen molar-refractivity contribution in [2.75, 3.05) is 13.7 Å². The minimum Gasteiger partial charge on any atom is -0.496 e. The highest BCUT2D eigenvalue weighted by Gasteiger charge is 2.23. The average Bonchev–Trinajstić information content (AvgIpc) is 2.58. The number of nitrogens with one attached hydrogen (secondary N) is 1. The van der Waals surface area contributed by atoms with Crippen LogP contribution < -0.4 is 10.1 Å². The van der Waals surface area contributed by atoms with Crippen LogP contribution in [-0.2, 0) is 9.59 Å². The van der Waals surface area contributed by atoms with E-state index in [1.54, 1.807) is 24.3 Å². The summed E-state index contributed by atoms with van der Waals surface area (Å²) >= 11 is 0. The van der Waals surface area contributed by atoms with E-state index >= 15 is 0 Å². The van der Waals surface area contributed by atoms with Crippen LogP contribution in [0.25, 0.3) is 0 Å². The number of hydrogen-bond acceptors (Lipinski definition) is 3. The maximum Gasteiger partial charge on any atom is 0.312 e. The van der Waals surface area contributed by atoms with E-state index in [0.29, 0.717) is 23.7 Å². The van der Waals surface area contributed by atoms with E-state index in [2.05, 4.69) is 31.3 Å². The fourth-order valence-electron chi connectivity index (χ4n) is 2.51. The highest BCUT2D eigenvalue weighted by atomic mass is 16.5. The SMILES string of the molecule is COc1ccccc1C(CNC(=O)CCCC/C=C/C(C)C)C(=O)O. The highest BCUT2D eigenvalue weighted by Crippen LogP contribution is 2.26. The van der Waals surface area contributed by atoms with E-state index in [0.717, 1.165) is 19.3 Å². The van der Waals surface area contributed by atoms with Crippen molar-refractivity contribution in [3.63, 3.8) is 0 Å². The molecule has 1 aromatic rings. The van der Waals surface area contributed by atoms with Crippen LogP contribution >= 0.6 is 0 Å². The van der Waals surface area contributed by atoms with Gasteiger partial charge >= 0.3 is 5.97 Å². The van der Waals surface area contributed by atoms with Gasteiger partial charge in [-0.25, -0.2) is 0 Å². The Kier molecular flexibility index (Phi) is 9.37. The van der Waals surface area contributed by atoms with Crippen LogP contribution in [0.1, 0.15) is 51.0 Å². The van der Waals surface area contributed by atoms with Gasteiger partial charge < -0.3 is 15.2 Å². The lowest BCUT2D eigenvalue weighted by Crippen LogP contribution is -2.31. The molecule has 0 spiro atoms. The van der Waals surface area contributed by atoms with Gasteiger partial charge in [0.15, 0.2) is 0 Å². The first-order chi connectivity index (χ1) is 12.0.